The van der Waals surface area contributed by atoms with E-state index in [1.54, 1.807) is 32.4 Å². The summed E-state index contributed by atoms with van der Waals surface area (Å²) in [6, 6.07) is 5.08. The van der Waals surface area contributed by atoms with Gasteiger partial charge in [-0.25, -0.2) is 0 Å². The molecule has 1 amide bonds. The summed E-state index contributed by atoms with van der Waals surface area (Å²) < 4.78 is 5.27. The number of nitriles is 1. The van der Waals surface area contributed by atoms with E-state index in [0.717, 1.165) is 11.1 Å². The topological polar surface area (TPSA) is 53.3 Å². The number of halogens is 1. The van der Waals surface area contributed by atoms with E-state index in [9.17, 15) is 4.79 Å². The van der Waals surface area contributed by atoms with Crippen LogP contribution >= 0.6 is 11.6 Å². The minimum Gasteiger partial charge on any atom is -0.496 e. The Morgan fingerprint density at radius 2 is 2.24 bits per heavy atom. The highest BCUT2D eigenvalue weighted by Gasteiger charge is 2.13. The zero-order valence-electron chi connectivity index (χ0n) is 9.95. The van der Waals surface area contributed by atoms with Gasteiger partial charge in [-0.15, -0.1) is 0 Å². The second-order valence-corrected chi connectivity index (χ2v) is 4.12. The van der Waals surface area contributed by atoms with Crippen LogP contribution in [0.3, 0.4) is 0 Å². The molecule has 0 aromatic heterocycles. The molecule has 0 heterocycles. The average Bonchev–Trinajstić information content (AvgIpc) is 2.27. The highest BCUT2D eigenvalue weighted by Crippen LogP contribution is 2.28. The first-order valence-electron chi connectivity index (χ1n) is 4.97. The Bertz CT molecular complexity index is 480. The SMILES string of the molecule is COc1c(C)cc(Cl)cc1CN(C)C(=O)C#N. The molecule has 5 heteroatoms. The van der Waals surface area contributed by atoms with Crippen LogP contribution in [-0.2, 0) is 11.3 Å². The Morgan fingerprint density at radius 1 is 1.59 bits per heavy atom. The van der Waals surface area contributed by atoms with Crippen molar-refractivity contribution in [2.24, 2.45) is 0 Å². The van der Waals surface area contributed by atoms with E-state index < -0.39 is 5.91 Å². The summed E-state index contributed by atoms with van der Waals surface area (Å²) in [5.74, 6) is 0.0941. The standard InChI is InChI=1S/C12H13ClN2O2/c1-8-4-10(13)5-9(12(8)17-3)7-15(2)11(16)6-14/h4-5H,7H2,1-3H3. The monoisotopic (exact) mass is 252 g/mol. The number of carbonyl (C=O) groups excluding carboxylic acids is 1. The predicted octanol–water partition coefficient (Wildman–Crippen LogP) is 2.14. The Hall–Kier alpha value is -1.73. The summed E-state index contributed by atoms with van der Waals surface area (Å²) in [7, 11) is 3.12. The second-order valence-electron chi connectivity index (χ2n) is 3.69. The maximum atomic E-state index is 11.2. The molecule has 0 bridgehead atoms. The van der Waals surface area contributed by atoms with Crippen LogP contribution in [0.4, 0.5) is 0 Å². The summed E-state index contributed by atoms with van der Waals surface area (Å²) in [6.45, 7) is 2.16. The number of amides is 1. The molecule has 1 rings (SSSR count). The van der Waals surface area contributed by atoms with Crippen molar-refractivity contribution >= 4 is 17.5 Å². The highest BCUT2D eigenvalue weighted by molar-refractivity contribution is 6.30. The van der Waals surface area contributed by atoms with Gasteiger partial charge in [0.25, 0.3) is 0 Å². The van der Waals surface area contributed by atoms with E-state index in [1.807, 2.05) is 6.92 Å². The van der Waals surface area contributed by atoms with Crippen LogP contribution in [0.15, 0.2) is 12.1 Å². The predicted molar refractivity (Wildman–Crippen MR) is 64.8 cm³/mol. The van der Waals surface area contributed by atoms with Gasteiger partial charge in [0.05, 0.1) is 13.7 Å². The molecule has 0 radical (unpaired) electrons. The Kier molecular flexibility index (Phi) is 4.36. The first kappa shape index (κ1) is 13.3. The lowest BCUT2D eigenvalue weighted by molar-refractivity contribution is -0.124. The Balaban J connectivity index is 3.06. The van der Waals surface area contributed by atoms with Gasteiger partial charge in [-0.2, -0.15) is 5.26 Å². The molecule has 0 spiro atoms. The molecule has 4 nitrogen and oxygen atoms in total. The molecule has 90 valence electrons. The van der Waals surface area contributed by atoms with E-state index in [1.165, 1.54) is 4.90 Å². The van der Waals surface area contributed by atoms with Gasteiger partial charge in [-0.05, 0) is 24.6 Å². The van der Waals surface area contributed by atoms with Gasteiger partial charge in [0.1, 0.15) is 5.75 Å². The summed E-state index contributed by atoms with van der Waals surface area (Å²) in [5.41, 5.74) is 1.68. The molecule has 0 aliphatic carbocycles. The van der Waals surface area contributed by atoms with Crippen molar-refractivity contribution in [2.75, 3.05) is 14.2 Å². The van der Waals surface area contributed by atoms with Crippen LogP contribution in [0.1, 0.15) is 11.1 Å². The first-order valence-corrected chi connectivity index (χ1v) is 5.35. The lowest BCUT2D eigenvalue weighted by Gasteiger charge is -2.17. The fourth-order valence-electron chi connectivity index (χ4n) is 1.62. The van der Waals surface area contributed by atoms with Gasteiger partial charge >= 0.3 is 5.91 Å². The first-order chi connectivity index (χ1) is 7.99. The maximum Gasteiger partial charge on any atom is 0.325 e. The molecule has 1 aromatic rings. The molecule has 0 saturated heterocycles. The average molecular weight is 253 g/mol. The van der Waals surface area contributed by atoms with Crippen molar-refractivity contribution in [1.82, 2.24) is 4.90 Å². The summed E-state index contributed by atoms with van der Waals surface area (Å²) >= 11 is 5.95. The van der Waals surface area contributed by atoms with Gasteiger partial charge in [-0.3, -0.25) is 4.79 Å². The molecule has 0 aliphatic heterocycles. The van der Waals surface area contributed by atoms with Gasteiger partial charge < -0.3 is 9.64 Å². The third-order valence-corrected chi connectivity index (χ3v) is 2.59. The molecule has 1 aromatic carbocycles. The van der Waals surface area contributed by atoms with E-state index in [2.05, 4.69) is 0 Å². The number of rotatable bonds is 3. The number of benzene rings is 1. The minimum atomic E-state index is -0.593. The van der Waals surface area contributed by atoms with E-state index in [4.69, 9.17) is 21.6 Å². The summed E-state index contributed by atoms with van der Waals surface area (Å²) in [5, 5.41) is 9.10. The molecule has 0 saturated carbocycles. The van der Waals surface area contributed by atoms with Crippen LogP contribution < -0.4 is 4.74 Å². The lowest BCUT2D eigenvalue weighted by atomic mass is 10.1. The van der Waals surface area contributed by atoms with Crippen molar-refractivity contribution in [1.29, 1.82) is 5.26 Å². The van der Waals surface area contributed by atoms with Crippen molar-refractivity contribution < 1.29 is 9.53 Å². The third kappa shape index (κ3) is 3.11. The molecule has 0 unspecified atom stereocenters. The Labute approximate surface area is 105 Å². The van der Waals surface area contributed by atoms with Crippen molar-refractivity contribution in [3.63, 3.8) is 0 Å². The summed E-state index contributed by atoms with van der Waals surface area (Å²) in [6.07, 6.45) is 0. The summed E-state index contributed by atoms with van der Waals surface area (Å²) in [4.78, 5) is 12.5. The van der Waals surface area contributed by atoms with Gasteiger partial charge in [0.2, 0.25) is 0 Å². The van der Waals surface area contributed by atoms with E-state index >= 15 is 0 Å². The molecular weight excluding hydrogens is 240 g/mol. The van der Waals surface area contributed by atoms with Crippen LogP contribution in [0.5, 0.6) is 5.75 Å². The fraction of sp³-hybridized carbons (Fsp3) is 0.333. The molecule has 17 heavy (non-hydrogen) atoms. The normalized spacial score (nSPS) is 9.59. The van der Waals surface area contributed by atoms with Crippen molar-refractivity contribution in [3.05, 3.63) is 28.3 Å². The van der Waals surface area contributed by atoms with Crippen LogP contribution in [0.25, 0.3) is 0 Å². The molecule has 0 aliphatic rings. The molecular formula is C12H13ClN2O2. The van der Waals surface area contributed by atoms with Gasteiger partial charge in [0.15, 0.2) is 6.07 Å². The number of nitrogens with zero attached hydrogens (tertiary/aromatic N) is 2. The molecule has 0 atom stereocenters. The van der Waals surface area contributed by atoms with Crippen LogP contribution in [0, 0.1) is 18.3 Å². The Morgan fingerprint density at radius 3 is 2.76 bits per heavy atom. The zero-order valence-corrected chi connectivity index (χ0v) is 10.7. The van der Waals surface area contributed by atoms with E-state index in [0.29, 0.717) is 10.8 Å². The largest absolute Gasteiger partial charge is 0.496 e. The second kappa shape index (κ2) is 5.55. The zero-order chi connectivity index (χ0) is 13.0. The van der Waals surface area contributed by atoms with E-state index in [-0.39, 0.29) is 6.54 Å². The number of hydrogen-bond donors (Lipinski definition) is 0. The van der Waals surface area contributed by atoms with Gasteiger partial charge in [-0.1, -0.05) is 11.6 Å². The number of carbonyl (C=O) groups is 1. The number of ether oxygens (including phenoxy) is 1. The quantitative estimate of drug-likeness (QED) is 0.775. The van der Waals surface area contributed by atoms with Crippen molar-refractivity contribution in [3.8, 4) is 11.8 Å². The number of hydrogen-bond acceptors (Lipinski definition) is 3. The lowest BCUT2D eigenvalue weighted by Crippen LogP contribution is -2.24. The fourth-order valence-corrected chi connectivity index (χ4v) is 1.92. The number of aryl methyl sites for hydroxylation is 1. The highest BCUT2D eigenvalue weighted by atomic mass is 35.5. The van der Waals surface area contributed by atoms with Gasteiger partial charge in [0, 0.05) is 17.6 Å². The smallest absolute Gasteiger partial charge is 0.325 e. The molecule has 0 N–H and O–H groups in total. The number of methoxy groups -OCH3 is 1. The molecule has 0 fully saturated rings. The maximum absolute atomic E-state index is 11.2. The minimum absolute atomic E-state index is 0.289. The third-order valence-electron chi connectivity index (χ3n) is 2.37. The van der Waals surface area contributed by atoms with Crippen molar-refractivity contribution in [2.45, 2.75) is 13.5 Å². The van der Waals surface area contributed by atoms with Crippen LogP contribution in [0.2, 0.25) is 5.02 Å². The van der Waals surface area contributed by atoms with Crippen LogP contribution in [-0.4, -0.2) is 25.0 Å².